The topological polar surface area (TPSA) is 72.9 Å². The van der Waals surface area contributed by atoms with Gasteiger partial charge in [0, 0.05) is 31.9 Å². The van der Waals surface area contributed by atoms with E-state index in [4.69, 9.17) is 5.11 Å². The molecule has 0 saturated carbocycles. The average molecular weight is 277 g/mol. The first-order chi connectivity index (χ1) is 9.60. The minimum Gasteiger partial charge on any atom is -0.478 e. The number of piperazine rings is 1. The fraction of sp³-hybridized carbons (Fsp3) is 0.429. The Hall–Kier alpha value is -2.08. The van der Waals surface area contributed by atoms with Crippen LogP contribution in [0, 0.1) is 0 Å². The molecule has 0 spiro atoms. The highest BCUT2D eigenvalue weighted by molar-refractivity contribution is 5.91. The highest BCUT2D eigenvalue weighted by atomic mass is 16.4. The third kappa shape index (κ3) is 3.48. The summed E-state index contributed by atoms with van der Waals surface area (Å²) in [5, 5.41) is 11.6. The molecule has 0 bridgehead atoms. The van der Waals surface area contributed by atoms with Crippen LogP contribution in [0.25, 0.3) is 0 Å². The molecule has 0 unspecified atom stereocenters. The van der Waals surface area contributed by atoms with Crippen molar-refractivity contribution in [3.05, 3.63) is 29.8 Å². The molecule has 0 aromatic heterocycles. The van der Waals surface area contributed by atoms with Gasteiger partial charge >= 0.3 is 12.0 Å². The summed E-state index contributed by atoms with van der Waals surface area (Å²) in [5.74, 6) is -0.974. The molecule has 2 N–H and O–H groups in total. The van der Waals surface area contributed by atoms with E-state index >= 15 is 0 Å². The first kappa shape index (κ1) is 14.3. The van der Waals surface area contributed by atoms with Gasteiger partial charge in [-0.15, -0.1) is 0 Å². The Labute approximate surface area is 118 Å². The van der Waals surface area contributed by atoms with E-state index in [0.29, 0.717) is 18.8 Å². The zero-order chi connectivity index (χ0) is 14.5. The molecule has 20 heavy (non-hydrogen) atoms. The van der Waals surface area contributed by atoms with Crippen molar-refractivity contribution < 1.29 is 14.7 Å². The number of carbonyl (C=O) groups excluding carboxylic acids is 1. The molecule has 2 amide bonds. The Bertz CT molecular complexity index is 479. The van der Waals surface area contributed by atoms with E-state index in [0.717, 1.165) is 19.6 Å². The molecule has 1 saturated heterocycles. The van der Waals surface area contributed by atoms with Crippen LogP contribution in [0.4, 0.5) is 10.5 Å². The second-order valence-electron chi connectivity index (χ2n) is 4.73. The quantitative estimate of drug-likeness (QED) is 0.879. The third-order valence-electron chi connectivity index (χ3n) is 3.49. The van der Waals surface area contributed by atoms with Crippen LogP contribution in [0.5, 0.6) is 0 Å². The molecular weight excluding hydrogens is 258 g/mol. The lowest BCUT2D eigenvalue weighted by atomic mass is 10.2. The van der Waals surface area contributed by atoms with Crippen molar-refractivity contribution in [2.75, 3.05) is 38.0 Å². The largest absolute Gasteiger partial charge is 0.478 e. The molecule has 1 heterocycles. The predicted molar refractivity (Wildman–Crippen MR) is 76.1 cm³/mol. The van der Waals surface area contributed by atoms with E-state index in [9.17, 15) is 9.59 Å². The lowest BCUT2D eigenvalue weighted by molar-refractivity contribution is 0.0697. The van der Waals surface area contributed by atoms with Crippen molar-refractivity contribution in [3.8, 4) is 0 Å². The summed E-state index contributed by atoms with van der Waals surface area (Å²) in [6.07, 6.45) is 0. The molecule has 1 aliphatic heterocycles. The first-order valence-electron chi connectivity index (χ1n) is 6.72. The maximum Gasteiger partial charge on any atom is 0.335 e. The number of rotatable bonds is 3. The number of amides is 2. The van der Waals surface area contributed by atoms with Crippen molar-refractivity contribution in [2.24, 2.45) is 0 Å². The average Bonchev–Trinajstić information content (AvgIpc) is 2.48. The van der Waals surface area contributed by atoms with Crippen LogP contribution in [0.3, 0.4) is 0 Å². The van der Waals surface area contributed by atoms with Crippen LogP contribution in [0.2, 0.25) is 0 Å². The summed E-state index contributed by atoms with van der Waals surface area (Å²) in [4.78, 5) is 26.9. The Morgan fingerprint density at radius 3 is 2.25 bits per heavy atom. The number of likely N-dealkylation sites (N-methyl/N-ethyl adjacent to an activating group) is 1. The van der Waals surface area contributed by atoms with Crippen molar-refractivity contribution in [2.45, 2.75) is 6.92 Å². The first-order valence-corrected chi connectivity index (χ1v) is 6.72. The van der Waals surface area contributed by atoms with E-state index in [1.165, 1.54) is 12.1 Å². The lowest BCUT2D eigenvalue weighted by Gasteiger charge is -2.33. The van der Waals surface area contributed by atoms with Gasteiger partial charge < -0.3 is 20.2 Å². The van der Waals surface area contributed by atoms with E-state index < -0.39 is 5.97 Å². The number of aromatic carboxylic acids is 1. The van der Waals surface area contributed by atoms with Crippen LogP contribution < -0.4 is 5.32 Å². The zero-order valence-electron chi connectivity index (χ0n) is 11.5. The second-order valence-corrected chi connectivity index (χ2v) is 4.73. The standard InChI is InChI=1S/C14H19N3O3/c1-2-16-7-9-17(10-8-16)14(20)15-12-5-3-11(4-6-12)13(18)19/h3-6H,2,7-10H2,1H3,(H,15,20)(H,18,19). The van der Waals surface area contributed by atoms with Gasteiger partial charge in [0.15, 0.2) is 0 Å². The molecule has 6 heteroatoms. The fourth-order valence-electron chi connectivity index (χ4n) is 2.17. The molecule has 108 valence electrons. The van der Waals surface area contributed by atoms with E-state index in [2.05, 4.69) is 17.1 Å². The van der Waals surface area contributed by atoms with Gasteiger partial charge in [0.1, 0.15) is 0 Å². The molecule has 1 aliphatic rings. The molecule has 1 aromatic carbocycles. The smallest absolute Gasteiger partial charge is 0.335 e. The van der Waals surface area contributed by atoms with Gasteiger partial charge in [-0.3, -0.25) is 0 Å². The van der Waals surface area contributed by atoms with Gasteiger partial charge in [0.2, 0.25) is 0 Å². The molecule has 6 nitrogen and oxygen atoms in total. The minimum atomic E-state index is -0.974. The van der Waals surface area contributed by atoms with E-state index in [1.54, 1.807) is 17.0 Å². The molecule has 2 rings (SSSR count). The Morgan fingerprint density at radius 2 is 1.75 bits per heavy atom. The SMILES string of the molecule is CCN1CCN(C(=O)Nc2ccc(C(=O)O)cc2)CC1. The zero-order valence-corrected chi connectivity index (χ0v) is 11.5. The molecule has 0 atom stereocenters. The van der Waals surface area contributed by atoms with Gasteiger partial charge in [-0.2, -0.15) is 0 Å². The maximum absolute atomic E-state index is 12.1. The van der Waals surface area contributed by atoms with Crippen molar-refractivity contribution in [3.63, 3.8) is 0 Å². The molecule has 1 fully saturated rings. The van der Waals surface area contributed by atoms with Crippen LogP contribution in [-0.2, 0) is 0 Å². The number of hydrogen-bond donors (Lipinski definition) is 2. The van der Waals surface area contributed by atoms with Crippen LogP contribution in [0.15, 0.2) is 24.3 Å². The number of carbonyl (C=O) groups is 2. The molecule has 1 aromatic rings. The Morgan fingerprint density at radius 1 is 1.15 bits per heavy atom. The summed E-state index contributed by atoms with van der Waals surface area (Å²) in [5.41, 5.74) is 0.817. The van der Waals surface area contributed by atoms with E-state index in [1.807, 2.05) is 0 Å². The summed E-state index contributed by atoms with van der Waals surface area (Å²) >= 11 is 0. The number of carboxylic acid groups (broad SMARTS) is 1. The molecular formula is C14H19N3O3. The van der Waals surface area contributed by atoms with Gasteiger partial charge in [-0.25, -0.2) is 9.59 Å². The highest BCUT2D eigenvalue weighted by Gasteiger charge is 2.20. The number of anilines is 1. The fourth-order valence-corrected chi connectivity index (χ4v) is 2.17. The predicted octanol–water partition coefficient (Wildman–Crippen LogP) is 1.55. The monoisotopic (exact) mass is 277 g/mol. The second kappa shape index (κ2) is 6.38. The van der Waals surface area contributed by atoms with Crippen molar-refractivity contribution in [1.29, 1.82) is 0 Å². The summed E-state index contributed by atoms with van der Waals surface area (Å²) in [6, 6.07) is 6.02. The van der Waals surface area contributed by atoms with Gasteiger partial charge in [-0.05, 0) is 30.8 Å². The number of nitrogens with one attached hydrogen (secondary N) is 1. The Balaban J connectivity index is 1.90. The Kier molecular flexibility index (Phi) is 4.57. The number of nitrogens with zero attached hydrogens (tertiary/aromatic N) is 2. The molecule has 0 aliphatic carbocycles. The number of hydrogen-bond acceptors (Lipinski definition) is 3. The maximum atomic E-state index is 12.1. The van der Waals surface area contributed by atoms with Gasteiger partial charge in [0.25, 0.3) is 0 Å². The van der Waals surface area contributed by atoms with Crippen LogP contribution in [0.1, 0.15) is 17.3 Å². The third-order valence-corrected chi connectivity index (χ3v) is 3.49. The van der Waals surface area contributed by atoms with E-state index in [-0.39, 0.29) is 11.6 Å². The van der Waals surface area contributed by atoms with Crippen molar-refractivity contribution >= 4 is 17.7 Å². The number of benzene rings is 1. The summed E-state index contributed by atoms with van der Waals surface area (Å²) in [6.45, 7) is 6.33. The van der Waals surface area contributed by atoms with Crippen molar-refractivity contribution in [1.82, 2.24) is 9.80 Å². The highest BCUT2D eigenvalue weighted by Crippen LogP contribution is 2.11. The van der Waals surface area contributed by atoms with Gasteiger partial charge in [0.05, 0.1) is 5.56 Å². The molecule has 0 radical (unpaired) electrons. The number of urea groups is 1. The van der Waals surface area contributed by atoms with Crippen LogP contribution >= 0.6 is 0 Å². The number of carboxylic acids is 1. The minimum absolute atomic E-state index is 0.135. The normalized spacial score (nSPS) is 15.9. The summed E-state index contributed by atoms with van der Waals surface area (Å²) < 4.78 is 0. The van der Waals surface area contributed by atoms with Crippen LogP contribution in [-0.4, -0.2) is 59.6 Å². The lowest BCUT2D eigenvalue weighted by Crippen LogP contribution is -2.49. The summed E-state index contributed by atoms with van der Waals surface area (Å²) in [7, 11) is 0. The van der Waals surface area contributed by atoms with Gasteiger partial charge in [-0.1, -0.05) is 6.92 Å².